The standard InChI is InChI=1S/C20H20N6O3S2/c1-10-11(2)31-19-17(10)18(21)24-20(25-19)30-9-16-23-14(26-29-16)8-15(27)22-12-6-4-5-7-13(12)28-3/h4-7H,8-9H2,1-3H3,(H,22,27)(H2,21,24,25). The Balaban J connectivity index is 1.38. The first-order valence-electron chi connectivity index (χ1n) is 9.35. The summed E-state index contributed by atoms with van der Waals surface area (Å²) in [6.07, 6.45) is -0.0185. The number of nitrogens with one attached hydrogen (secondary N) is 1. The summed E-state index contributed by atoms with van der Waals surface area (Å²) >= 11 is 2.94. The average molecular weight is 457 g/mol. The van der Waals surface area contributed by atoms with Crippen molar-refractivity contribution >= 4 is 50.7 Å². The average Bonchev–Trinajstić information content (AvgIpc) is 3.30. The number of fused-ring (bicyclic) bond motifs is 1. The van der Waals surface area contributed by atoms with Gasteiger partial charge in [0.1, 0.15) is 16.4 Å². The molecule has 0 saturated carbocycles. The van der Waals surface area contributed by atoms with Crippen molar-refractivity contribution in [3.05, 3.63) is 46.4 Å². The SMILES string of the molecule is COc1ccccc1NC(=O)Cc1noc(CSc2nc(N)c3c(C)c(C)sc3n2)n1. The Hall–Kier alpha value is -3.18. The molecule has 1 amide bonds. The van der Waals surface area contributed by atoms with E-state index in [2.05, 4.69) is 25.4 Å². The number of methoxy groups -OCH3 is 1. The maximum atomic E-state index is 12.3. The number of nitrogen functional groups attached to an aromatic ring is 1. The summed E-state index contributed by atoms with van der Waals surface area (Å²) in [5.74, 6) is 1.82. The van der Waals surface area contributed by atoms with Crippen LogP contribution >= 0.6 is 23.1 Å². The number of carbonyl (C=O) groups is 1. The molecule has 160 valence electrons. The van der Waals surface area contributed by atoms with Gasteiger partial charge in [0.05, 0.1) is 30.4 Å². The van der Waals surface area contributed by atoms with E-state index in [0.717, 1.165) is 15.8 Å². The van der Waals surface area contributed by atoms with Crippen molar-refractivity contribution in [2.24, 2.45) is 0 Å². The number of hydrogen-bond acceptors (Lipinski definition) is 10. The highest BCUT2D eigenvalue weighted by Gasteiger charge is 2.16. The molecule has 0 atom stereocenters. The Morgan fingerprint density at radius 2 is 2.06 bits per heavy atom. The summed E-state index contributed by atoms with van der Waals surface area (Å²) in [7, 11) is 1.55. The summed E-state index contributed by atoms with van der Waals surface area (Å²) in [4.78, 5) is 27.6. The molecule has 0 bridgehead atoms. The first kappa shape index (κ1) is 21.1. The van der Waals surface area contributed by atoms with E-state index in [9.17, 15) is 4.79 Å². The molecule has 0 spiro atoms. The molecule has 4 aromatic rings. The maximum absolute atomic E-state index is 12.3. The molecule has 0 aliphatic heterocycles. The first-order chi connectivity index (χ1) is 14.9. The van der Waals surface area contributed by atoms with E-state index < -0.39 is 0 Å². The van der Waals surface area contributed by atoms with Crippen LogP contribution in [0.5, 0.6) is 5.75 Å². The quantitative estimate of drug-likeness (QED) is 0.315. The van der Waals surface area contributed by atoms with Gasteiger partial charge in [0.15, 0.2) is 11.0 Å². The van der Waals surface area contributed by atoms with Crippen LogP contribution in [0, 0.1) is 13.8 Å². The van der Waals surface area contributed by atoms with Gasteiger partial charge >= 0.3 is 0 Å². The lowest BCUT2D eigenvalue weighted by Gasteiger charge is -2.08. The molecule has 9 nitrogen and oxygen atoms in total. The number of thiophene rings is 1. The van der Waals surface area contributed by atoms with Gasteiger partial charge in [-0.1, -0.05) is 29.1 Å². The van der Waals surface area contributed by atoms with E-state index in [-0.39, 0.29) is 12.3 Å². The largest absolute Gasteiger partial charge is 0.495 e. The zero-order valence-corrected chi connectivity index (χ0v) is 18.8. The van der Waals surface area contributed by atoms with E-state index in [1.54, 1.807) is 30.6 Å². The molecule has 3 heterocycles. The van der Waals surface area contributed by atoms with E-state index in [1.807, 2.05) is 26.0 Å². The highest BCUT2D eigenvalue weighted by molar-refractivity contribution is 7.98. The van der Waals surface area contributed by atoms with Gasteiger partial charge in [-0.15, -0.1) is 11.3 Å². The molecule has 0 fully saturated rings. The second kappa shape index (κ2) is 8.90. The van der Waals surface area contributed by atoms with Gasteiger partial charge in [-0.05, 0) is 31.5 Å². The molecule has 31 heavy (non-hydrogen) atoms. The van der Waals surface area contributed by atoms with E-state index in [4.69, 9.17) is 15.0 Å². The number of nitrogens with zero attached hydrogens (tertiary/aromatic N) is 4. The molecule has 0 aliphatic carbocycles. The topological polar surface area (TPSA) is 129 Å². The van der Waals surface area contributed by atoms with Gasteiger partial charge in [-0.25, -0.2) is 9.97 Å². The lowest BCUT2D eigenvalue weighted by molar-refractivity contribution is -0.115. The third kappa shape index (κ3) is 4.62. The van der Waals surface area contributed by atoms with Crippen molar-refractivity contribution < 1.29 is 14.1 Å². The number of carbonyl (C=O) groups excluding carboxylic acids is 1. The number of rotatable bonds is 7. The van der Waals surface area contributed by atoms with Crippen LogP contribution in [-0.4, -0.2) is 33.1 Å². The van der Waals surface area contributed by atoms with Crippen LogP contribution in [-0.2, 0) is 17.0 Å². The Kier molecular flexibility index (Phi) is 6.05. The fraction of sp³-hybridized carbons (Fsp3) is 0.250. The Labute approximate surface area is 186 Å². The number of nitrogens with two attached hydrogens (primary N) is 1. The van der Waals surface area contributed by atoms with Crippen LogP contribution in [0.25, 0.3) is 10.2 Å². The molecule has 0 radical (unpaired) electrons. The van der Waals surface area contributed by atoms with Gasteiger partial charge in [0.2, 0.25) is 11.8 Å². The molecule has 0 aliphatic rings. The Bertz CT molecular complexity index is 1250. The maximum Gasteiger partial charge on any atom is 0.237 e. The fourth-order valence-electron chi connectivity index (χ4n) is 2.96. The number of thioether (sulfide) groups is 1. The highest BCUT2D eigenvalue weighted by Crippen LogP contribution is 2.33. The van der Waals surface area contributed by atoms with E-state index in [1.165, 1.54) is 16.6 Å². The highest BCUT2D eigenvalue weighted by atomic mass is 32.2. The number of para-hydroxylation sites is 2. The monoisotopic (exact) mass is 456 g/mol. The summed E-state index contributed by atoms with van der Waals surface area (Å²) < 4.78 is 10.5. The van der Waals surface area contributed by atoms with Crippen molar-refractivity contribution in [3.8, 4) is 5.75 Å². The molecule has 4 rings (SSSR count). The normalized spacial score (nSPS) is 11.1. The van der Waals surface area contributed by atoms with Crippen LogP contribution in [0.2, 0.25) is 0 Å². The smallest absolute Gasteiger partial charge is 0.237 e. The third-order valence-electron chi connectivity index (χ3n) is 4.57. The lowest BCUT2D eigenvalue weighted by atomic mass is 10.2. The second-order valence-corrected chi connectivity index (χ2v) is 8.82. The Morgan fingerprint density at radius 3 is 2.87 bits per heavy atom. The first-order valence-corrected chi connectivity index (χ1v) is 11.1. The number of amides is 1. The van der Waals surface area contributed by atoms with Gasteiger partial charge < -0.3 is 20.3 Å². The van der Waals surface area contributed by atoms with Crippen molar-refractivity contribution in [3.63, 3.8) is 0 Å². The molecule has 0 saturated heterocycles. The van der Waals surface area contributed by atoms with Crippen LogP contribution in [0.3, 0.4) is 0 Å². The molecular weight excluding hydrogens is 436 g/mol. The van der Waals surface area contributed by atoms with E-state index in [0.29, 0.717) is 39.9 Å². The Morgan fingerprint density at radius 1 is 1.26 bits per heavy atom. The van der Waals surface area contributed by atoms with Crippen LogP contribution < -0.4 is 15.8 Å². The van der Waals surface area contributed by atoms with Gasteiger partial charge in [0, 0.05) is 4.88 Å². The van der Waals surface area contributed by atoms with Crippen molar-refractivity contribution in [2.45, 2.75) is 31.2 Å². The molecular formula is C20H20N6O3S2. The zero-order valence-electron chi connectivity index (χ0n) is 17.1. The number of anilines is 2. The van der Waals surface area contributed by atoms with Crippen LogP contribution in [0.1, 0.15) is 22.2 Å². The number of benzene rings is 1. The van der Waals surface area contributed by atoms with Gasteiger partial charge in [-0.2, -0.15) is 4.98 Å². The molecule has 1 aromatic carbocycles. The molecule has 3 N–H and O–H groups in total. The minimum Gasteiger partial charge on any atom is -0.495 e. The number of aromatic nitrogens is 4. The second-order valence-electron chi connectivity index (χ2n) is 6.67. The molecule has 3 aromatic heterocycles. The molecule has 11 heteroatoms. The van der Waals surface area contributed by atoms with Crippen LogP contribution in [0.15, 0.2) is 33.9 Å². The molecule has 0 unspecified atom stereocenters. The minimum atomic E-state index is -0.269. The van der Waals surface area contributed by atoms with Crippen molar-refractivity contribution in [1.82, 2.24) is 20.1 Å². The predicted octanol–water partition coefficient (Wildman–Crippen LogP) is 3.76. The number of aryl methyl sites for hydroxylation is 2. The number of hydrogen-bond donors (Lipinski definition) is 2. The van der Waals surface area contributed by atoms with E-state index >= 15 is 0 Å². The summed E-state index contributed by atoms with van der Waals surface area (Å²) in [5.41, 5.74) is 7.82. The third-order valence-corrected chi connectivity index (χ3v) is 6.50. The summed E-state index contributed by atoms with van der Waals surface area (Å²) in [5, 5.41) is 8.12. The van der Waals surface area contributed by atoms with Gasteiger partial charge in [-0.3, -0.25) is 4.79 Å². The van der Waals surface area contributed by atoms with Crippen molar-refractivity contribution in [1.29, 1.82) is 0 Å². The fourth-order valence-corrected chi connectivity index (χ4v) is 4.74. The zero-order chi connectivity index (χ0) is 22.0. The lowest BCUT2D eigenvalue weighted by Crippen LogP contribution is -2.15. The van der Waals surface area contributed by atoms with Gasteiger partial charge in [0.25, 0.3) is 0 Å². The minimum absolute atomic E-state index is 0.0185. The predicted molar refractivity (Wildman–Crippen MR) is 120 cm³/mol. The van der Waals surface area contributed by atoms with Crippen LogP contribution in [0.4, 0.5) is 11.5 Å². The number of ether oxygens (including phenoxy) is 1. The summed E-state index contributed by atoms with van der Waals surface area (Å²) in [6, 6.07) is 7.17. The summed E-state index contributed by atoms with van der Waals surface area (Å²) in [6.45, 7) is 4.06. The van der Waals surface area contributed by atoms with Crippen molar-refractivity contribution in [2.75, 3.05) is 18.2 Å².